The maximum atomic E-state index is 11.5. The van der Waals surface area contributed by atoms with Gasteiger partial charge in [-0.1, -0.05) is 6.07 Å². The summed E-state index contributed by atoms with van der Waals surface area (Å²) < 4.78 is 11.7. The number of methoxy groups -OCH3 is 1. The summed E-state index contributed by atoms with van der Waals surface area (Å²) in [6, 6.07) is 9.99. The fraction of sp³-hybridized carbons (Fsp3) is 0.263. The SMILES string of the molecule is COC(=O)Cc1csc2cc(OCc3ccc(C)nc3C)ccc12. The summed E-state index contributed by atoms with van der Waals surface area (Å²) in [5, 5.41) is 3.07. The van der Waals surface area contributed by atoms with E-state index in [1.54, 1.807) is 11.3 Å². The van der Waals surface area contributed by atoms with Gasteiger partial charge in [0.05, 0.1) is 13.5 Å². The van der Waals surface area contributed by atoms with Crippen LogP contribution < -0.4 is 4.74 Å². The van der Waals surface area contributed by atoms with E-state index in [0.717, 1.165) is 38.4 Å². The lowest BCUT2D eigenvalue weighted by molar-refractivity contribution is -0.139. The Kier molecular flexibility index (Phi) is 4.81. The van der Waals surface area contributed by atoms with Crippen LogP contribution in [0, 0.1) is 13.8 Å². The second-order valence-corrected chi connectivity index (χ2v) is 6.57. The summed E-state index contributed by atoms with van der Waals surface area (Å²) in [4.78, 5) is 15.9. The molecule has 0 spiro atoms. The number of fused-ring (bicyclic) bond motifs is 1. The molecule has 0 saturated heterocycles. The zero-order valence-corrected chi connectivity index (χ0v) is 14.8. The molecule has 0 aliphatic carbocycles. The highest BCUT2D eigenvalue weighted by atomic mass is 32.1. The van der Waals surface area contributed by atoms with Crippen molar-refractivity contribution < 1.29 is 14.3 Å². The highest BCUT2D eigenvalue weighted by molar-refractivity contribution is 7.17. The van der Waals surface area contributed by atoms with Crippen molar-refractivity contribution in [2.45, 2.75) is 26.9 Å². The predicted molar refractivity (Wildman–Crippen MR) is 95.6 cm³/mol. The molecule has 0 amide bonds. The van der Waals surface area contributed by atoms with Crippen molar-refractivity contribution in [2.75, 3.05) is 7.11 Å². The minimum absolute atomic E-state index is 0.225. The van der Waals surface area contributed by atoms with E-state index in [1.165, 1.54) is 7.11 Å². The van der Waals surface area contributed by atoms with E-state index < -0.39 is 0 Å². The van der Waals surface area contributed by atoms with Gasteiger partial charge >= 0.3 is 5.97 Å². The number of aryl methyl sites for hydroxylation is 2. The maximum Gasteiger partial charge on any atom is 0.310 e. The summed E-state index contributed by atoms with van der Waals surface area (Å²) >= 11 is 1.61. The van der Waals surface area contributed by atoms with Crippen LogP contribution in [0.15, 0.2) is 35.7 Å². The average molecular weight is 341 g/mol. The minimum Gasteiger partial charge on any atom is -0.489 e. The molecule has 24 heavy (non-hydrogen) atoms. The molecule has 3 rings (SSSR count). The van der Waals surface area contributed by atoms with Crippen molar-refractivity contribution >= 4 is 27.4 Å². The second kappa shape index (κ2) is 7.01. The molecule has 2 aromatic heterocycles. The largest absolute Gasteiger partial charge is 0.489 e. The fourth-order valence-corrected chi connectivity index (χ4v) is 3.54. The van der Waals surface area contributed by atoms with Gasteiger partial charge in [0.1, 0.15) is 12.4 Å². The fourth-order valence-electron chi connectivity index (χ4n) is 2.55. The van der Waals surface area contributed by atoms with Crippen molar-refractivity contribution in [3.8, 4) is 5.75 Å². The molecule has 0 bridgehead atoms. The van der Waals surface area contributed by atoms with Gasteiger partial charge < -0.3 is 9.47 Å². The highest BCUT2D eigenvalue weighted by Gasteiger charge is 2.10. The van der Waals surface area contributed by atoms with Crippen LogP contribution in [0.5, 0.6) is 5.75 Å². The third-order valence-corrected chi connectivity index (χ3v) is 4.91. The number of aromatic nitrogens is 1. The Morgan fingerprint density at radius 1 is 1.17 bits per heavy atom. The molecule has 0 radical (unpaired) electrons. The normalized spacial score (nSPS) is 10.8. The molecule has 0 unspecified atom stereocenters. The van der Waals surface area contributed by atoms with Gasteiger partial charge in [-0.15, -0.1) is 11.3 Å². The van der Waals surface area contributed by atoms with E-state index >= 15 is 0 Å². The monoisotopic (exact) mass is 341 g/mol. The van der Waals surface area contributed by atoms with Crippen LogP contribution in [0.4, 0.5) is 0 Å². The lowest BCUT2D eigenvalue weighted by Gasteiger charge is -2.09. The number of benzene rings is 1. The van der Waals surface area contributed by atoms with Crippen molar-refractivity contribution in [1.82, 2.24) is 4.98 Å². The number of thiophene rings is 1. The van der Waals surface area contributed by atoms with Crippen LogP contribution in [0.2, 0.25) is 0 Å². The summed E-state index contributed by atoms with van der Waals surface area (Å²) in [7, 11) is 1.41. The van der Waals surface area contributed by atoms with Crippen molar-refractivity contribution in [2.24, 2.45) is 0 Å². The predicted octanol–water partition coefficient (Wildman–Crippen LogP) is 4.21. The number of nitrogens with zero attached hydrogens (tertiary/aromatic N) is 1. The molecule has 124 valence electrons. The van der Waals surface area contributed by atoms with Crippen molar-refractivity contribution in [3.63, 3.8) is 0 Å². The van der Waals surface area contributed by atoms with Gasteiger partial charge in [-0.05, 0) is 54.4 Å². The van der Waals surface area contributed by atoms with Crippen LogP contribution >= 0.6 is 11.3 Å². The topological polar surface area (TPSA) is 48.4 Å². The van der Waals surface area contributed by atoms with Crippen molar-refractivity contribution in [3.05, 3.63) is 58.2 Å². The smallest absolute Gasteiger partial charge is 0.310 e. The minimum atomic E-state index is -0.225. The highest BCUT2D eigenvalue weighted by Crippen LogP contribution is 2.30. The van der Waals surface area contributed by atoms with Crippen LogP contribution in [-0.4, -0.2) is 18.1 Å². The molecular weight excluding hydrogens is 322 g/mol. The summed E-state index contributed by atoms with van der Waals surface area (Å²) in [5.74, 6) is 0.589. The van der Waals surface area contributed by atoms with E-state index in [4.69, 9.17) is 9.47 Å². The number of ether oxygens (including phenoxy) is 2. The lowest BCUT2D eigenvalue weighted by Crippen LogP contribution is -2.03. The first kappa shape index (κ1) is 16.5. The Bertz CT molecular complexity index is 885. The molecule has 3 aromatic rings. The molecule has 0 aliphatic heterocycles. The van der Waals surface area contributed by atoms with Gasteiger partial charge in [0.2, 0.25) is 0 Å². The van der Waals surface area contributed by atoms with Gasteiger partial charge in [-0.25, -0.2) is 0 Å². The Hall–Kier alpha value is -2.40. The molecule has 0 saturated carbocycles. The van der Waals surface area contributed by atoms with Crippen LogP contribution in [0.1, 0.15) is 22.5 Å². The Morgan fingerprint density at radius 2 is 2.00 bits per heavy atom. The molecule has 0 fully saturated rings. The van der Waals surface area contributed by atoms with E-state index in [1.807, 2.05) is 43.5 Å². The summed E-state index contributed by atoms with van der Waals surface area (Å²) in [5.41, 5.74) is 4.08. The number of rotatable bonds is 5. The molecular formula is C19H19NO3S. The Balaban J connectivity index is 1.75. The van der Waals surface area contributed by atoms with Gasteiger partial charge in [-0.3, -0.25) is 9.78 Å². The molecule has 0 N–H and O–H groups in total. The standard InChI is InChI=1S/C19H19NO3S/c1-12-4-5-14(13(2)20-12)10-23-16-6-7-17-15(8-19(21)22-3)11-24-18(17)9-16/h4-7,9,11H,8,10H2,1-3H3. The zero-order valence-electron chi connectivity index (χ0n) is 14.0. The summed E-state index contributed by atoms with van der Waals surface area (Å²) in [6.45, 7) is 4.46. The maximum absolute atomic E-state index is 11.5. The zero-order chi connectivity index (χ0) is 17.1. The molecule has 2 heterocycles. The van der Waals surface area contributed by atoms with E-state index in [9.17, 15) is 4.79 Å². The van der Waals surface area contributed by atoms with Crippen LogP contribution in [0.3, 0.4) is 0 Å². The quantitative estimate of drug-likeness (QED) is 0.652. The molecule has 4 nitrogen and oxygen atoms in total. The third kappa shape index (κ3) is 3.57. The number of hydrogen-bond donors (Lipinski definition) is 0. The Labute approximate surface area is 145 Å². The van der Waals surface area contributed by atoms with Gasteiger partial charge in [0, 0.05) is 21.7 Å². The molecule has 1 aromatic carbocycles. The first-order valence-corrected chi connectivity index (χ1v) is 8.57. The number of carbonyl (C=O) groups is 1. The third-order valence-electron chi connectivity index (χ3n) is 3.92. The van der Waals surface area contributed by atoms with E-state index in [0.29, 0.717) is 13.0 Å². The first-order chi connectivity index (χ1) is 11.6. The second-order valence-electron chi connectivity index (χ2n) is 5.66. The Morgan fingerprint density at radius 3 is 2.75 bits per heavy atom. The van der Waals surface area contributed by atoms with E-state index in [-0.39, 0.29) is 5.97 Å². The molecule has 5 heteroatoms. The van der Waals surface area contributed by atoms with Gasteiger partial charge in [0.25, 0.3) is 0 Å². The summed E-state index contributed by atoms with van der Waals surface area (Å²) in [6.07, 6.45) is 0.297. The van der Waals surface area contributed by atoms with Crippen LogP contribution in [-0.2, 0) is 22.6 Å². The van der Waals surface area contributed by atoms with Crippen molar-refractivity contribution in [1.29, 1.82) is 0 Å². The number of carbonyl (C=O) groups excluding carboxylic acids is 1. The molecule has 0 aliphatic rings. The number of esters is 1. The first-order valence-electron chi connectivity index (χ1n) is 7.69. The van der Waals surface area contributed by atoms with E-state index in [2.05, 4.69) is 11.1 Å². The lowest BCUT2D eigenvalue weighted by atomic mass is 10.1. The molecule has 0 atom stereocenters. The van der Waals surface area contributed by atoms with Gasteiger partial charge in [0.15, 0.2) is 0 Å². The average Bonchev–Trinajstić information content (AvgIpc) is 2.96. The number of pyridine rings is 1. The van der Waals surface area contributed by atoms with Crippen LogP contribution in [0.25, 0.3) is 10.1 Å². The van der Waals surface area contributed by atoms with Gasteiger partial charge in [-0.2, -0.15) is 0 Å². The number of hydrogen-bond acceptors (Lipinski definition) is 5.